The van der Waals surface area contributed by atoms with Crippen LogP contribution < -0.4 is 15.5 Å². The number of carbonyl (C=O) groups excluding carboxylic acids is 1. The molecule has 0 aliphatic carbocycles. The zero-order valence-corrected chi connectivity index (χ0v) is 16.1. The number of ether oxygens (including phenoxy) is 1. The summed E-state index contributed by atoms with van der Waals surface area (Å²) in [6.07, 6.45) is 1.22. The number of para-hydroxylation sites is 2. The maximum atomic E-state index is 12.8. The maximum absolute atomic E-state index is 12.8. The lowest BCUT2D eigenvalue weighted by atomic mass is 10.1. The number of methoxy groups -OCH3 is 1. The van der Waals surface area contributed by atoms with Gasteiger partial charge in [0.05, 0.1) is 24.5 Å². The van der Waals surface area contributed by atoms with Crippen molar-refractivity contribution < 1.29 is 13.9 Å². The van der Waals surface area contributed by atoms with Crippen LogP contribution in [0.3, 0.4) is 0 Å². The topological polar surface area (TPSA) is 86.4 Å². The first kappa shape index (κ1) is 17.9. The van der Waals surface area contributed by atoms with Crippen LogP contribution in [0.15, 0.2) is 76.1 Å². The van der Waals surface area contributed by atoms with Crippen LogP contribution in [0.1, 0.15) is 0 Å². The Balaban J connectivity index is 1.49. The van der Waals surface area contributed by atoms with Gasteiger partial charge in [0, 0.05) is 22.2 Å². The monoisotopic (exact) mass is 399 g/mol. The van der Waals surface area contributed by atoms with E-state index in [1.54, 1.807) is 37.4 Å². The minimum atomic E-state index is -0.301. The van der Waals surface area contributed by atoms with Gasteiger partial charge in [-0.05, 0) is 24.3 Å². The van der Waals surface area contributed by atoms with Crippen LogP contribution in [-0.4, -0.2) is 22.8 Å². The van der Waals surface area contributed by atoms with E-state index < -0.39 is 0 Å². The smallest absolute Gasteiger partial charge is 0.246 e. The molecule has 1 amide bonds. The fourth-order valence-corrected chi connectivity index (χ4v) is 3.63. The molecule has 5 rings (SSSR count). The molecule has 0 atom stereocenters. The number of fused-ring (bicyclic) bond motifs is 4. The van der Waals surface area contributed by atoms with E-state index >= 15 is 0 Å². The Hall–Kier alpha value is -4.13. The van der Waals surface area contributed by atoms with Crippen molar-refractivity contribution in [1.29, 1.82) is 0 Å². The van der Waals surface area contributed by atoms with Crippen molar-refractivity contribution in [3.05, 3.63) is 77.1 Å². The zero-order valence-electron chi connectivity index (χ0n) is 16.1. The molecule has 3 aromatic carbocycles. The molecule has 7 nitrogen and oxygen atoms in total. The predicted octanol–water partition coefficient (Wildman–Crippen LogP) is 3.94. The summed E-state index contributed by atoms with van der Waals surface area (Å²) in [5.41, 5.74) is 2.33. The van der Waals surface area contributed by atoms with Crippen LogP contribution in [-0.2, 0) is 11.3 Å². The Morgan fingerprint density at radius 1 is 1.03 bits per heavy atom. The number of nitrogens with one attached hydrogen (secondary N) is 1. The molecular weight excluding hydrogens is 382 g/mol. The van der Waals surface area contributed by atoms with Crippen molar-refractivity contribution >= 4 is 44.4 Å². The van der Waals surface area contributed by atoms with E-state index in [0.29, 0.717) is 27.9 Å². The minimum absolute atomic E-state index is 0.0535. The number of amides is 1. The van der Waals surface area contributed by atoms with E-state index in [0.717, 1.165) is 16.4 Å². The van der Waals surface area contributed by atoms with Crippen molar-refractivity contribution in [2.24, 2.45) is 0 Å². The van der Waals surface area contributed by atoms with Gasteiger partial charge in [0.25, 0.3) is 0 Å². The van der Waals surface area contributed by atoms with Gasteiger partial charge >= 0.3 is 0 Å². The number of rotatable bonds is 4. The van der Waals surface area contributed by atoms with Crippen LogP contribution in [0.25, 0.3) is 32.8 Å². The Bertz CT molecular complexity index is 1480. The Labute approximate surface area is 170 Å². The zero-order chi connectivity index (χ0) is 20.7. The van der Waals surface area contributed by atoms with Crippen molar-refractivity contribution in [3.63, 3.8) is 0 Å². The second kappa shape index (κ2) is 7.04. The Morgan fingerprint density at radius 2 is 1.80 bits per heavy atom. The summed E-state index contributed by atoms with van der Waals surface area (Å²) in [5.74, 6) is 0.227. The Kier molecular flexibility index (Phi) is 4.21. The first-order valence-electron chi connectivity index (χ1n) is 9.38. The van der Waals surface area contributed by atoms with Gasteiger partial charge in [0.15, 0.2) is 0 Å². The average molecular weight is 399 g/mol. The number of benzene rings is 3. The number of anilines is 1. The summed E-state index contributed by atoms with van der Waals surface area (Å²) in [6, 6.07) is 18.4. The third-order valence-electron chi connectivity index (χ3n) is 5.03. The van der Waals surface area contributed by atoms with E-state index in [4.69, 9.17) is 9.15 Å². The normalized spacial score (nSPS) is 11.2. The number of carbonyl (C=O) groups is 1. The molecule has 30 heavy (non-hydrogen) atoms. The number of hydrogen-bond donors (Lipinski definition) is 1. The second-order valence-electron chi connectivity index (χ2n) is 6.88. The summed E-state index contributed by atoms with van der Waals surface area (Å²) >= 11 is 0. The highest BCUT2D eigenvalue weighted by Crippen LogP contribution is 2.36. The molecular formula is C23H17N3O4. The van der Waals surface area contributed by atoms with Gasteiger partial charge in [-0.15, -0.1) is 0 Å². The fraction of sp³-hybridized carbons (Fsp3) is 0.0870. The van der Waals surface area contributed by atoms with Gasteiger partial charge in [-0.2, -0.15) is 5.10 Å². The highest BCUT2D eigenvalue weighted by atomic mass is 16.5. The number of nitrogens with zero attached hydrogens (tertiary/aromatic N) is 2. The highest BCUT2D eigenvalue weighted by Gasteiger charge is 2.15. The quantitative estimate of drug-likeness (QED) is 0.495. The van der Waals surface area contributed by atoms with Crippen molar-refractivity contribution in [3.8, 4) is 5.75 Å². The van der Waals surface area contributed by atoms with Crippen LogP contribution >= 0.6 is 0 Å². The third-order valence-corrected chi connectivity index (χ3v) is 5.03. The van der Waals surface area contributed by atoms with Gasteiger partial charge in [-0.25, -0.2) is 0 Å². The molecule has 0 bridgehead atoms. The standard InChI is InChI=1S/C23H17N3O4/c1-29-22-10-16-14-6-3-5-9-20(14)30-21(16)11-17(22)25-23(28)13-26-18-8-4-2-7-15(18)19(27)12-24-26/h2-12H,13H2,1H3,(H,25,28). The maximum Gasteiger partial charge on any atom is 0.246 e. The van der Waals surface area contributed by atoms with Gasteiger partial charge in [0.1, 0.15) is 23.5 Å². The largest absolute Gasteiger partial charge is 0.495 e. The lowest BCUT2D eigenvalue weighted by molar-refractivity contribution is -0.116. The van der Waals surface area contributed by atoms with E-state index in [9.17, 15) is 9.59 Å². The molecule has 0 fully saturated rings. The molecule has 5 aromatic rings. The third kappa shape index (κ3) is 2.97. The first-order valence-corrected chi connectivity index (χ1v) is 9.38. The second-order valence-corrected chi connectivity index (χ2v) is 6.88. The molecule has 0 spiro atoms. The summed E-state index contributed by atoms with van der Waals surface area (Å²) in [5, 5.41) is 9.37. The molecule has 0 aliphatic rings. The van der Waals surface area contributed by atoms with Crippen LogP contribution in [0, 0.1) is 0 Å². The van der Waals surface area contributed by atoms with Crippen molar-refractivity contribution in [2.75, 3.05) is 12.4 Å². The highest BCUT2D eigenvalue weighted by molar-refractivity contribution is 6.07. The molecule has 0 saturated heterocycles. The fourth-order valence-electron chi connectivity index (χ4n) is 3.63. The molecule has 0 saturated carbocycles. The SMILES string of the molecule is COc1cc2c(cc1NC(=O)Cn1ncc(=O)c3ccccc31)oc1ccccc12. The first-order chi connectivity index (χ1) is 14.6. The molecule has 2 heterocycles. The molecule has 2 aromatic heterocycles. The molecule has 0 unspecified atom stereocenters. The lowest BCUT2D eigenvalue weighted by Gasteiger charge is -2.12. The molecule has 148 valence electrons. The Morgan fingerprint density at radius 3 is 2.63 bits per heavy atom. The number of aromatic nitrogens is 2. The van der Waals surface area contributed by atoms with E-state index in [1.165, 1.54) is 10.9 Å². The molecule has 0 radical (unpaired) electrons. The minimum Gasteiger partial charge on any atom is -0.495 e. The number of furan rings is 1. The molecule has 7 heteroatoms. The van der Waals surface area contributed by atoms with Crippen molar-refractivity contribution in [2.45, 2.75) is 6.54 Å². The molecule has 1 N–H and O–H groups in total. The summed E-state index contributed by atoms with van der Waals surface area (Å²) in [6.45, 7) is -0.0535. The number of hydrogen-bond acceptors (Lipinski definition) is 5. The van der Waals surface area contributed by atoms with E-state index in [1.807, 2.05) is 30.3 Å². The van der Waals surface area contributed by atoms with Crippen LogP contribution in [0.4, 0.5) is 5.69 Å². The summed E-state index contributed by atoms with van der Waals surface area (Å²) in [4.78, 5) is 24.7. The summed E-state index contributed by atoms with van der Waals surface area (Å²) < 4.78 is 12.9. The summed E-state index contributed by atoms with van der Waals surface area (Å²) in [7, 11) is 1.55. The van der Waals surface area contributed by atoms with Crippen LogP contribution in [0.5, 0.6) is 5.75 Å². The van der Waals surface area contributed by atoms with E-state index in [2.05, 4.69) is 10.4 Å². The van der Waals surface area contributed by atoms with Gasteiger partial charge in [0.2, 0.25) is 11.3 Å². The van der Waals surface area contributed by atoms with Crippen molar-refractivity contribution in [1.82, 2.24) is 9.78 Å². The van der Waals surface area contributed by atoms with Gasteiger partial charge in [-0.1, -0.05) is 30.3 Å². The lowest BCUT2D eigenvalue weighted by Crippen LogP contribution is -2.22. The average Bonchev–Trinajstić information content (AvgIpc) is 3.12. The molecule has 0 aliphatic heterocycles. The van der Waals surface area contributed by atoms with Crippen LogP contribution in [0.2, 0.25) is 0 Å². The predicted molar refractivity (Wildman–Crippen MR) is 115 cm³/mol. The van der Waals surface area contributed by atoms with Gasteiger partial charge < -0.3 is 14.5 Å². The van der Waals surface area contributed by atoms with E-state index in [-0.39, 0.29) is 17.9 Å². The van der Waals surface area contributed by atoms with Gasteiger partial charge in [-0.3, -0.25) is 14.3 Å².